The van der Waals surface area contributed by atoms with Gasteiger partial charge in [-0.05, 0) is 70.4 Å². The number of halogens is 3. The SMILES string of the molecule is COCc1cc(Cl)cc(C)c1NOCc1ccc(-c2ccccc2S(C)(=O)=O)cc1F.Nc1ccc(Br)cn1. The van der Waals surface area contributed by atoms with Crippen LogP contribution in [0.2, 0.25) is 5.02 Å². The lowest BCUT2D eigenvalue weighted by molar-refractivity contribution is 0.169. The van der Waals surface area contributed by atoms with E-state index in [0.717, 1.165) is 21.9 Å². The van der Waals surface area contributed by atoms with Crippen LogP contribution < -0.4 is 11.2 Å². The Hall–Kier alpha value is -3.02. The number of nitrogens with zero attached hydrogens (tertiary/aromatic N) is 1. The number of pyridine rings is 1. The Kier molecular flexibility index (Phi) is 10.8. The van der Waals surface area contributed by atoms with Gasteiger partial charge in [0.15, 0.2) is 9.84 Å². The summed E-state index contributed by atoms with van der Waals surface area (Å²) in [6.45, 7) is 2.19. The number of hydrogen-bond acceptors (Lipinski definition) is 7. The molecule has 0 aliphatic carbocycles. The van der Waals surface area contributed by atoms with Crippen molar-refractivity contribution in [1.29, 1.82) is 0 Å². The number of aryl methyl sites for hydroxylation is 1. The van der Waals surface area contributed by atoms with Crippen LogP contribution in [0.25, 0.3) is 11.1 Å². The van der Waals surface area contributed by atoms with E-state index in [4.69, 9.17) is 26.9 Å². The lowest BCUT2D eigenvalue weighted by Gasteiger charge is -2.15. The minimum Gasteiger partial charge on any atom is -0.384 e. The number of anilines is 2. The summed E-state index contributed by atoms with van der Waals surface area (Å²) in [6, 6.07) is 18.2. The fourth-order valence-electron chi connectivity index (χ4n) is 3.66. The molecule has 0 atom stereocenters. The van der Waals surface area contributed by atoms with Crippen molar-refractivity contribution in [3.05, 3.63) is 105 Å². The van der Waals surface area contributed by atoms with Gasteiger partial charge in [-0.15, -0.1) is 0 Å². The van der Waals surface area contributed by atoms with Gasteiger partial charge < -0.3 is 10.5 Å². The van der Waals surface area contributed by atoms with Gasteiger partial charge in [-0.25, -0.2) is 17.8 Å². The highest BCUT2D eigenvalue weighted by atomic mass is 79.9. The Morgan fingerprint density at radius 1 is 1.05 bits per heavy atom. The summed E-state index contributed by atoms with van der Waals surface area (Å²) < 4.78 is 44.9. The van der Waals surface area contributed by atoms with Crippen molar-refractivity contribution in [3.8, 4) is 11.1 Å². The zero-order valence-electron chi connectivity index (χ0n) is 21.5. The predicted molar refractivity (Wildman–Crippen MR) is 157 cm³/mol. The molecule has 0 aliphatic heterocycles. The van der Waals surface area contributed by atoms with Crippen LogP contribution in [0, 0.1) is 12.7 Å². The zero-order valence-corrected chi connectivity index (χ0v) is 24.7. The second-order valence-corrected chi connectivity index (χ2v) is 11.9. The molecule has 7 nitrogen and oxygen atoms in total. The second kappa shape index (κ2) is 13.9. The van der Waals surface area contributed by atoms with Crippen LogP contribution in [0.5, 0.6) is 0 Å². The normalized spacial score (nSPS) is 11.0. The van der Waals surface area contributed by atoms with E-state index in [1.165, 1.54) is 12.1 Å². The Morgan fingerprint density at radius 3 is 2.41 bits per heavy atom. The molecule has 0 spiro atoms. The fraction of sp³-hybridized carbons (Fsp3) is 0.179. The number of nitrogen functional groups attached to an aromatic ring is 1. The lowest BCUT2D eigenvalue weighted by atomic mass is 10.0. The second-order valence-electron chi connectivity index (χ2n) is 8.56. The van der Waals surface area contributed by atoms with Gasteiger partial charge in [-0.2, -0.15) is 0 Å². The lowest BCUT2D eigenvalue weighted by Crippen LogP contribution is -2.07. The van der Waals surface area contributed by atoms with Gasteiger partial charge in [0.25, 0.3) is 0 Å². The molecule has 0 fully saturated rings. The fourth-order valence-corrected chi connectivity index (χ4v) is 5.10. The van der Waals surface area contributed by atoms with E-state index in [2.05, 4.69) is 26.4 Å². The summed E-state index contributed by atoms with van der Waals surface area (Å²) in [6.07, 6.45) is 2.79. The average Bonchev–Trinajstić information content (AvgIpc) is 2.88. The predicted octanol–water partition coefficient (Wildman–Crippen LogP) is 6.97. The summed E-state index contributed by atoms with van der Waals surface area (Å²) in [7, 11) is -1.86. The number of aromatic nitrogens is 1. The highest BCUT2D eigenvalue weighted by Crippen LogP contribution is 2.29. The summed E-state index contributed by atoms with van der Waals surface area (Å²) in [5, 5.41) is 0.589. The van der Waals surface area contributed by atoms with E-state index >= 15 is 0 Å². The van der Waals surface area contributed by atoms with E-state index in [1.54, 1.807) is 61.8 Å². The van der Waals surface area contributed by atoms with Crippen molar-refractivity contribution >= 4 is 48.9 Å². The molecule has 206 valence electrons. The number of methoxy groups -OCH3 is 1. The van der Waals surface area contributed by atoms with Gasteiger partial charge in [0, 0.05) is 45.7 Å². The first-order valence-electron chi connectivity index (χ1n) is 11.6. The number of ether oxygens (including phenoxy) is 1. The zero-order chi connectivity index (χ0) is 28.6. The molecule has 4 rings (SSSR count). The summed E-state index contributed by atoms with van der Waals surface area (Å²) in [5.41, 5.74) is 11.8. The number of hydrogen-bond donors (Lipinski definition) is 2. The highest BCUT2D eigenvalue weighted by Gasteiger charge is 2.15. The molecule has 1 heterocycles. The topological polar surface area (TPSA) is 104 Å². The molecule has 39 heavy (non-hydrogen) atoms. The molecule has 3 aromatic carbocycles. The molecule has 0 aliphatic rings. The number of sulfone groups is 1. The van der Waals surface area contributed by atoms with Crippen molar-refractivity contribution in [2.75, 3.05) is 24.6 Å². The first-order chi connectivity index (χ1) is 18.5. The van der Waals surface area contributed by atoms with E-state index in [1.807, 2.05) is 13.0 Å². The molecule has 0 unspecified atom stereocenters. The van der Waals surface area contributed by atoms with Gasteiger partial charge >= 0.3 is 0 Å². The Labute approximate surface area is 241 Å². The molecule has 0 bridgehead atoms. The number of rotatable bonds is 8. The molecule has 0 radical (unpaired) electrons. The van der Waals surface area contributed by atoms with Crippen LogP contribution in [-0.2, 0) is 32.6 Å². The minimum absolute atomic E-state index is 0.0334. The Morgan fingerprint density at radius 2 is 1.79 bits per heavy atom. The summed E-state index contributed by atoms with van der Waals surface area (Å²) in [4.78, 5) is 9.50. The Bertz CT molecular complexity index is 1520. The van der Waals surface area contributed by atoms with Crippen LogP contribution in [0.4, 0.5) is 15.9 Å². The third kappa shape index (κ3) is 8.74. The van der Waals surface area contributed by atoms with Gasteiger partial charge in [0.05, 0.1) is 17.2 Å². The molecule has 0 saturated heterocycles. The summed E-state index contributed by atoms with van der Waals surface area (Å²) in [5.74, 6) is 0.0562. The summed E-state index contributed by atoms with van der Waals surface area (Å²) >= 11 is 9.33. The van der Waals surface area contributed by atoms with Gasteiger partial charge in [-0.3, -0.25) is 10.3 Å². The van der Waals surface area contributed by atoms with Gasteiger partial charge in [0.2, 0.25) is 0 Å². The smallest absolute Gasteiger partial charge is 0.176 e. The first kappa shape index (κ1) is 30.5. The third-order valence-corrected chi connectivity index (χ3v) is 7.33. The molecule has 11 heteroatoms. The highest BCUT2D eigenvalue weighted by molar-refractivity contribution is 9.10. The molecular weight excluding hydrogens is 609 g/mol. The van der Waals surface area contributed by atoms with Crippen molar-refractivity contribution in [2.24, 2.45) is 0 Å². The number of nitrogens with two attached hydrogens (primary N) is 1. The van der Waals surface area contributed by atoms with Gasteiger partial charge in [-0.1, -0.05) is 41.9 Å². The van der Waals surface area contributed by atoms with Gasteiger partial charge in [0.1, 0.15) is 18.2 Å². The molecule has 0 amide bonds. The molecule has 0 saturated carbocycles. The van der Waals surface area contributed by atoms with E-state index in [9.17, 15) is 12.8 Å². The van der Waals surface area contributed by atoms with Crippen LogP contribution in [0.3, 0.4) is 0 Å². The van der Waals surface area contributed by atoms with Crippen LogP contribution in [0.15, 0.2) is 82.3 Å². The van der Waals surface area contributed by atoms with Crippen molar-refractivity contribution in [2.45, 2.75) is 25.0 Å². The minimum atomic E-state index is -3.44. The quantitative estimate of drug-likeness (QED) is 0.201. The molecule has 1 aromatic heterocycles. The monoisotopic (exact) mass is 635 g/mol. The maximum atomic E-state index is 14.7. The van der Waals surface area contributed by atoms with E-state index in [0.29, 0.717) is 39.8 Å². The first-order valence-corrected chi connectivity index (χ1v) is 14.7. The van der Waals surface area contributed by atoms with E-state index < -0.39 is 15.7 Å². The Balaban J connectivity index is 0.000000449. The third-order valence-electron chi connectivity index (χ3n) is 5.48. The van der Waals surface area contributed by atoms with Crippen LogP contribution in [0.1, 0.15) is 16.7 Å². The average molecular weight is 637 g/mol. The maximum Gasteiger partial charge on any atom is 0.176 e. The van der Waals surface area contributed by atoms with Crippen molar-refractivity contribution in [3.63, 3.8) is 0 Å². The maximum absolute atomic E-state index is 14.7. The molecular formula is C28H28BrClFN3O4S. The van der Waals surface area contributed by atoms with Crippen LogP contribution in [-0.4, -0.2) is 26.8 Å². The van der Waals surface area contributed by atoms with E-state index in [-0.39, 0.29) is 11.5 Å². The molecule has 3 N–H and O–H groups in total. The van der Waals surface area contributed by atoms with Crippen LogP contribution >= 0.6 is 27.5 Å². The van der Waals surface area contributed by atoms with Crippen molar-refractivity contribution < 1.29 is 22.4 Å². The number of nitrogens with one attached hydrogen (secondary N) is 1. The van der Waals surface area contributed by atoms with Crippen molar-refractivity contribution in [1.82, 2.24) is 4.98 Å². The standard InChI is InChI=1S/C23H23ClFNO4S.C5H5BrN2/c1-15-10-19(24)11-18(13-29-2)23(15)26-30-14-17-9-8-16(12-21(17)25)20-6-4-5-7-22(20)31(3,27)28;6-4-1-2-5(7)8-3-4/h4-12,26H,13-14H2,1-3H3;1-3H,(H2,7,8). The number of benzene rings is 3. The largest absolute Gasteiger partial charge is 0.384 e. The molecule has 4 aromatic rings.